The van der Waals surface area contributed by atoms with Gasteiger partial charge in [0, 0.05) is 36.0 Å². The van der Waals surface area contributed by atoms with E-state index in [1.807, 2.05) is 39.0 Å². The minimum absolute atomic E-state index is 0.268. The maximum Gasteiger partial charge on any atom is 0.329 e. The van der Waals surface area contributed by atoms with E-state index in [-0.39, 0.29) is 11.9 Å². The third-order valence-corrected chi connectivity index (χ3v) is 4.10. The summed E-state index contributed by atoms with van der Waals surface area (Å²) in [5.41, 5.74) is 4.30. The molecule has 0 aromatic carbocycles. The summed E-state index contributed by atoms with van der Waals surface area (Å²) in [7, 11) is 0. The Labute approximate surface area is 140 Å². The highest BCUT2D eigenvalue weighted by molar-refractivity contribution is 6.14. The molecule has 6 nitrogen and oxygen atoms in total. The van der Waals surface area contributed by atoms with Crippen LogP contribution in [0.15, 0.2) is 36.3 Å². The van der Waals surface area contributed by atoms with Crippen molar-refractivity contribution in [2.45, 2.75) is 27.2 Å². The first-order valence-electron chi connectivity index (χ1n) is 7.96. The molecule has 2 aromatic rings. The SMILES string of the molecule is CCCN1C(=O)N/C(=C/c2cc(C)n(-c3ccncc3)c2C)C1=O. The van der Waals surface area contributed by atoms with E-state index in [1.165, 1.54) is 4.90 Å². The number of carbonyl (C=O) groups excluding carboxylic acids is 2. The quantitative estimate of drug-likeness (QED) is 0.694. The van der Waals surface area contributed by atoms with Gasteiger partial charge in [0.2, 0.25) is 0 Å². The molecule has 0 spiro atoms. The number of aromatic nitrogens is 2. The second kappa shape index (κ2) is 6.31. The van der Waals surface area contributed by atoms with Crippen molar-refractivity contribution >= 4 is 18.0 Å². The van der Waals surface area contributed by atoms with E-state index in [0.29, 0.717) is 12.2 Å². The lowest BCUT2D eigenvalue weighted by Crippen LogP contribution is -2.31. The molecule has 1 saturated heterocycles. The Kier molecular flexibility index (Phi) is 4.20. The second-order valence-corrected chi connectivity index (χ2v) is 5.81. The Morgan fingerprint density at radius 1 is 1.21 bits per heavy atom. The molecule has 3 heterocycles. The van der Waals surface area contributed by atoms with E-state index < -0.39 is 0 Å². The summed E-state index contributed by atoms with van der Waals surface area (Å²) in [4.78, 5) is 29.5. The number of pyridine rings is 1. The Bertz CT molecular complexity index is 821. The zero-order valence-electron chi connectivity index (χ0n) is 14.0. The van der Waals surface area contributed by atoms with Crippen LogP contribution in [0.3, 0.4) is 0 Å². The van der Waals surface area contributed by atoms with Gasteiger partial charge in [0.15, 0.2) is 0 Å². The molecule has 6 heteroatoms. The van der Waals surface area contributed by atoms with E-state index in [0.717, 1.165) is 29.1 Å². The van der Waals surface area contributed by atoms with Crippen LogP contribution in [-0.2, 0) is 4.79 Å². The number of aryl methyl sites for hydroxylation is 1. The largest absolute Gasteiger partial charge is 0.329 e. The Morgan fingerprint density at radius 3 is 2.58 bits per heavy atom. The summed E-state index contributed by atoms with van der Waals surface area (Å²) in [5, 5.41) is 2.66. The number of hydrogen-bond acceptors (Lipinski definition) is 3. The Morgan fingerprint density at radius 2 is 1.92 bits per heavy atom. The molecule has 0 bridgehead atoms. The van der Waals surface area contributed by atoms with Crippen LogP contribution >= 0.6 is 0 Å². The van der Waals surface area contributed by atoms with Gasteiger partial charge in [-0.1, -0.05) is 6.92 Å². The maximum absolute atomic E-state index is 12.3. The van der Waals surface area contributed by atoms with Crippen molar-refractivity contribution in [1.82, 2.24) is 19.8 Å². The fourth-order valence-electron chi connectivity index (χ4n) is 2.98. The van der Waals surface area contributed by atoms with Crippen molar-refractivity contribution in [3.8, 4) is 5.69 Å². The van der Waals surface area contributed by atoms with Crippen molar-refractivity contribution in [2.24, 2.45) is 0 Å². The molecule has 0 aliphatic carbocycles. The molecule has 0 radical (unpaired) electrons. The van der Waals surface area contributed by atoms with Crippen molar-refractivity contribution in [2.75, 3.05) is 6.54 Å². The number of imide groups is 1. The highest BCUT2D eigenvalue weighted by Gasteiger charge is 2.32. The molecule has 0 saturated carbocycles. The number of carbonyl (C=O) groups is 2. The standard InChI is InChI=1S/C18H20N4O2/c1-4-9-21-17(23)16(20-18(21)24)11-14-10-12(2)22(13(14)3)15-5-7-19-8-6-15/h5-8,10-11H,4,9H2,1-3H3,(H,20,24)/b16-11+. The number of hydrogen-bond donors (Lipinski definition) is 1. The molecule has 1 aliphatic heterocycles. The number of urea groups is 1. The molecule has 3 rings (SSSR count). The van der Waals surface area contributed by atoms with Gasteiger partial charge in [-0.3, -0.25) is 14.7 Å². The Balaban J connectivity index is 1.98. The molecule has 124 valence electrons. The summed E-state index contributed by atoms with van der Waals surface area (Å²) in [6.45, 7) is 6.36. The van der Waals surface area contributed by atoms with Crippen LogP contribution in [0.25, 0.3) is 11.8 Å². The molecule has 0 unspecified atom stereocenters. The summed E-state index contributed by atoms with van der Waals surface area (Å²) in [5.74, 6) is -0.268. The van der Waals surface area contributed by atoms with Crippen LogP contribution in [0.2, 0.25) is 0 Å². The Hall–Kier alpha value is -2.89. The first-order chi connectivity index (χ1) is 11.5. The monoisotopic (exact) mass is 324 g/mol. The van der Waals surface area contributed by atoms with Crippen LogP contribution in [0.1, 0.15) is 30.3 Å². The van der Waals surface area contributed by atoms with Crippen LogP contribution in [-0.4, -0.2) is 32.9 Å². The van der Waals surface area contributed by atoms with Crippen molar-refractivity contribution in [3.05, 3.63) is 53.2 Å². The highest BCUT2D eigenvalue weighted by Crippen LogP contribution is 2.23. The van der Waals surface area contributed by atoms with E-state index in [1.54, 1.807) is 18.5 Å². The fourth-order valence-corrected chi connectivity index (χ4v) is 2.98. The summed E-state index contributed by atoms with van der Waals surface area (Å²) in [6, 6.07) is 5.52. The predicted octanol–water partition coefficient (Wildman–Crippen LogP) is 2.79. The normalized spacial score (nSPS) is 16.1. The maximum atomic E-state index is 12.3. The van der Waals surface area contributed by atoms with Gasteiger partial charge in [0.1, 0.15) is 5.70 Å². The van der Waals surface area contributed by atoms with Crippen molar-refractivity contribution < 1.29 is 9.59 Å². The average molecular weight is 324 g/mol. The van der Waals surface area contributed by atoms with Gasteiger partial charge in [-0.25, -0.2) is 4.79 Å². The molecule has 24 heavy (non-hydrogen) atoms. The van der Waals surface area contributed by atoms with Crippen molar-refractivity contribution in [3.63, 3.8) is 0 Å². The first kappa shape index (κ1) is 16.0. The zero-order valence-corrected chi connectivity index (χ0v) is 14.0. The average Bonchev–Trinajstić information content (AvgIpc) is 2.99. The van der Waals surface area contributed by atoms with E-state index >= 15 is 0 Å². The third kappa shape index (κ3) is 2.71. The topological polar surface area (TPSA) is 67.2 Å². The molecule has 1 aliphatic rings. The summed E-state index contributed by atoms with van der Waals surface area (Å²) >= 11 is 0. The summed E-state index contributed by atoms with van der Waals surface area (Å²) in [6.07, 6.45) is 5.98. The van der Waals surface area contributed by atoms with Gasteiger partial charge in [0.25, 0.3) is 5.91 Å². The zero-order chi connectivity index (χ0) is 17.3. The lowest BCUT2D eigenvalue weighted by molar-refractivity contribution is -0.122. The fraction of sp³-hybridized carbons (Fsp3) is 0.278. The lowest BCUT2D eigenvalue weighted by atomic mass is 10.2. The molecular weight excluding hydrogens is 304 g/mol. The van der Waals surface area contributed by atoms with E-state index in [4.69, 9.17) is 0 Å². The number of nitrogens with zero attached hydrogens (tertiary/aromatic N) is 3. The van der Waals surface area contributed by atoms with Gasteiger partial charge in [-0.05, 0) is 50.1 Å². The van der Waals surface area contributed by atoms with E-state index in [9.17, 15) is 9.59 Å². The minimum Gasteiger partial charge on any atom is -0.318 e. The van der Waals surface area contributed by atoms with Crippen LogP contribution in [0.5, 0.6) is 0 Å². The summed E-state index contributed by atoms with van der Waals surface area (Å²) < 4.78 is 2.10. The number of rotatable bonds is 4. The van der Waals surface area contributed by atoms with E-state index in [2.05, 4.69) is 14.9 Å². The molecule has 0 atom stereocenters. The molecule has 2 aromatic heterocycles. The van der Waals surface area contributed by atoms with Gasteiger partial charge >= 0.3 is 6.03 Å². The molecule has 3 amide bonds. The highest BCUT2D eigenvalue weighted by atomic mass is 16.2. The van der Waals surface area contributed by atoms with Gasteiger partial charge < -0.3 is 9.88 Å². The van der Waals surface area contributed by atoms with Crippen LogP contribution < -0.4 is 5.32 Å². The van der Waals surface area contributed by atoms with Gasteiger partial charge in [-0.15, -0.1) is 0 Å². The number of amides is 3. The van der Waals surface area contributed by atoms with Crippen LogP contribution in [0, 0.1) is 13.8 Å². The lowest BCUT2D eigenvalue weighted by Gasteiger charge is -2.09. The molecule has 1 N–H and O–H groups in total. The minimum atomic E-state index is -0.351. The first-order valence-corrected chi connectivity index (χ1v) is 7.96. The van der Waals surface area contributed by atoms with Gasteiger partial charge in [0.05, 0.1) is 0 Å². The van der Waals surface area contributed by atoms with Crippen molar-refractivity contribution in [1.29, 1.82) is 0 Å². The third-order valence-electron chi connectivity index (χ3n) is 4.10. The van der Waals surface area contributed by atoms with Gasteiger partial charge in [-0.2, -0.15) is 0 Å². The number of nitrogens with one attached hydrogen (secondary N) is 1. The second-order valence-electron chi connectivity index (χ2n) is 5.81. The molecule has 1 fully saturated rings. The van der Waals surface area contributed by atoms with Crippen LogP contribution in [0.4, 0.5) is 4.79 Å². The molecular formula is C18H20N4O2. The predicted molar refractivity (Wildman–Crippen MR) is 91.6 cm³/mol. The smallest absolute Gasteiger partial charge is 0.318 e.